The van der Waals surface area contributed by atoms with Crippen molar-refractivity contribution >= 4 is 35.8 Å². The number of aliphatic imine (C=N–C) groups is 1. The van der Waals surface area contributed by atoms with Gasteiger partial charge in [-0.1, -0.05) is 0 Å². The van der Waals surface area contributed by atoms with Crippen molar-refractivity contribution in [1.29, 1.82) is 0 Å². The van der Waals surface area contributed by atoms with Gasteiger partial charge in [-0.05, 0) is 26.2 Å². The van der Waals surface area contributed by atoms with Crippen molar-refractivity contribution < 1.29 is 14.3 Å². The number of rotatable bonds is 8. The number of carbonyl (C=O) groups is 1. The van der Waals surface area contributed by atoms with Crippen LogP contribution in [0.2, 0.25) is 0 Å². The monoisotopic (exact) mass is 454 g/mol. The fraction of sp³-hybridized carbons (Fsp3) is 0.875. The Bertz CT molecular complexity index is 380. The van der Waals surface area contributed by atoms with Crippen LogP contribution in [0.15, 0.2) is 4.99 Å². The van der Waals surface area contributed by atoms with Crippen LogP contribution in [-0.2, 0) is 14.3 Å². The number of nitrogens with zero attached hydrogens (tertiary/aromatic N) is 1. The molecule has 2 atom stereocenters. The Labute approximate surface area is 161 Å². The van der Waals surface area contributed by atoms with Gasteiger partial charge in [0.2, 0.25) is 5.91 Å². The maximum absolute atomic E-state index is 11.2. The summed E-state index contributed by atoms with van der Waals surface area (Å²) in [6.07, 6.45) is 3.45. The summed E-state index contributed by atoms with van der Waals surface area (Å²) in [6.45, 7) is 7.51. The van der Waals surface area contributed by atoms with Gasteiger partial charge < -0.3 is 25.4 Å². The number of nitrogens with one attached hydrogen (secondary N) is 3. The van der Waals surface area contributed by atoms with Crippen LogP contribution < -0.4 is 16.0 Å². The number of guanidine groups is 1. The van der Waals surface area contributed by atoms with E-state index >= 15 is 0 Å². The van der Waals surface area contributed by atoms with Crippen molar-refractivity contribution in [2.75, 3.05) is 46.1 Å². The Hall–Kier alpha value is -0.610. The number of hydrogen-bond donors (Lipinski definition) is 3. The molecule has 24 heavy (non-hydrogen) atoms. The molecule has 0 aliphatic carbocycles. The molecule has 0 aromatic rings. The van der Waals surface area contributed by atoms with Crippen molar-refractivity contribution in [2.45, 2.75) is 38.6 Å². The highest BCUT2D eigenvalue weighted by atomic mass is 127. The minimum Gasteiger partial charge on any atom is -0.381 e. The standard InChI is InChI=1S/C16H30N4O3.HI/c1-2-17-16(20-14-4-5-15(21)19-10-14)18-7-3-8-22-11-13-6-9-23-12-13;/h13-14H,2-12H2,1H3,(H,19,21)(H2,17,18,20);1H. The van der Waals surface area contributed by atoms with Crippen LogP contribution in [0.25, 0.3) is 0 Å². The van der Waals surface area contributed by atoms with Gasteiger partial charge in [-0.15, -0.1) is 24.0 Å². The molecule has 0 radical (unpaired) electrons. The molecule has 8 heteroatoms. The van der Waals surface area contributed by atoms with Crippen molar-refractivity contribution in [3.05, 3.63) is 0 Å². The highest BCUT2D eigenvalue weighted by Gasteiger charge is 2.18. The second-order valence-electron chi connectivity index (χ2n) is 6.10. The molecule has 2 rings (SSSR count). The van der Waals surface area contributed by atoms with E-state index in [1.54, 1.807) is 0 Å². The molecule has 2 unspecified atom stereocenters. The molecule has 0 saturated carbocycles. The van der Waals surface area contributed by atoms with E-state index in [2.05, 4.69) is 20.9 Å². The number of carbonyl (C=O) groups excluding carboxylic acids is 1. The number of amides is 1. The van der Waals surface area contributed by atoms with Gasteiger partial charge in [0.15, 0.2) is 5.96 Å². The zero-order valence-electron chi connectivity index (χ0n) is 14.5. The van der Waals surface area contributed by atoms with Crippen LogP contribution in [0.3, 0.4) is 0 Å². The molecular weight excluding hydrogens is 423 g/mol. The van der Waals surface area contributed by atoms with Gasteiger partial charge in [0.25, 0.3) is 0 Å². The maximum atomic E-state index is 11.2. The van der Waals surface area contributed by atoms with E-state index < -0.39 is 0 Å². The Morgan fingerprint density at radius 1 is 1.46 bits per heavy atom. The summed E-state index contributed by atoms with van der Waals surface area (Å²) >= 11 is 0. The normalized spacial score (nSPS) is 24.2. The second-order valence-corrected chi connectivity index (χ2v) is 6.10. The first kappa shape index (κ1) is 21.4. The van der Waals surface area contributed by atoms with Crippen LogP contribution in [0.4, 0.5) is 0 Å². The molecule has 0 bridgehead atoms. The minimum atomic E-state index is 0. The van der Waals surface area contributed by atoms with Gasteiger partial charge in [-0.2, -0.15) is 0 Å². The lowest BCUT2D eigenvalue weighted by molar-refractivity contribution is -0.122. The zero-order chi connectivity index (χ0) is 16.3. The second kappa shape index (κ2) is 12.7. The summed E-state index contributed by atoms with van der Waals surface area (Å²) in [5.41, 5.74) is 0. The van der Waals surface area contributed by atoms with Gasteiger partial charge >= 0.3 is 0 Å². The molecule has 0 aromatic heterocycles. The highest BCUT2D eigenvalue weighted by Crippen LogP contribution is 2.12. The van der Waals surface area contributed by atoms with Crippen molar-refractivity contribution in [1.82, 2.24) is 16.0 Å². The topological polar surface area (TPSA) is 84.0 Å². The Kier molecular flexibility index (Phi) is 11.4. The minimum absolute atomic E-state index is 0. The Morgan fingerprint density at radius 3 is 3.00 bits per heavy atom. The molecule has 2 saturated heterocycles. The summed E-state index contributed by atoms with van der Waals surface area (Å²) in [5, 5.41) is 9.50. The SMILES string of the molecule is CCNC(=NCCCOCC1CCOC1)NC1CCC(=O)NC1.I. The molecule has 0 aromatic carbocycles. The fourth-order valence-corrected chi connectivity index (χ4v) is 2.69. The Balaban J connectivity index is 0.00000288. The quantitative estimate of drug-likeness (QED) is 0.220. The third-order valence-electron chi connectivity index (χ3n) is 4.04. The summed E-state index contributed by atoms with van der Waals surface area (Å²) < 4.78 is 11.0. The van der Waals surface area contributed by atoms with Crippen molar-refractivity contribution in [3.63, 3.8) is 0 Å². The highest BCUT2D eigenvalue weighted by molar-refractivity contribution is 14.0. The first-order valence-electron chi connectivity index (χ1n) is 8.75. The van der Waals surface area contributed by atoms with Crippen molar-refractivity contribution in [3.8, 4) is 0 Å². The summed E-state index contributed by atoms with van der Waals surface area (Å²) in [4.78, 5) is 15.8. The zero-order valence-corrected chi connectivity index (χ0v) is 16.8. The fourth-order valence-electron chi connectivity index (χ4n) is 2.69. The van der Waals surface area contributed by atoms with E-state index in [4.69, 9.17) is 9.47 Å². The molecule has 0 spiro atoms. The van der Waals surface area contributed by atoms with Crippen LogP contribution >= 0.6 is 24.0 Å². The first-order valence-corrected chi connectivity index (χ1v) is 8.75. The molecular formula is C16H31IN4O3. The average molecular weight is 454 g/mol. The molecule has 3 N–H and O–H groups in total. The van der Waals surface area contributed by atoms with Gasteiger partial charge in [-0.25, -0.2) is 0 Å². The van der Waals surface area contributed by atoms with E-state index in [0.29, 0.717) is 18.9 Å². The summed E-state index contributed by atoms with van der Waals surface area (Å²) in [6, 6.07) is 0.254. The number of hydrogen-bond acceptors (Lipinski definition) is 4. The molecule has 140 valence electrons. The largest absolute Gasteiger partial charge is 0.381 e. The first-order chi connectivity index (χ1) is 11.3. The van der Waals surface area contributed by atoms with E-state index in [1.807, 2.05) is 6.92 Å². The van der Waals surface area contributed by atoms with Crippen LogP contribution in [0, 0.1) is 5.92 Å². The molecule has 1 amide bonds. The smallest absolute Gasteiger partial charge is 0.220 e. The lowest BCUT2D eigenvalue weighted by Gasteiger charge is -2.25. The molecule has 2 heterocycles. The van der Waals surface area contributed by atoms with Crippen LogP contribution in [-0.4, -0.2) is 64.0 Å². The lowest BCUT2D eigenvalue weighted by Crippen LogP contribution is -2.51. The third kappa shape index (κ3) is 8.48. The Morgan fingerprint density at radius 2 is 2.33 bits per heavy atom. The molecule has 2 aliphatic rings. The summed E-state index contributed by atoms with van der Waals surface area (Å²) in [5.74, 6) is 1.52. The predicted octanol–water partition coefficient (Wildman–Crippen LogP) is 0.881. The number of ether oxygens (including phenoxy) is 2. The maximum Gasteiger partial charge on any atom is 0.220 e. The molecule has 2 fully saturated rings. The van der Waals surface area contributed by atoms with Crippen LogP contribution in [0.1, 0.15) is 32.6 Å². The predicted molar refractivity (Wildman–Crippen MR) is 105 cm³/mol. The van der Waals surface area contributed by atoms with E-state index in [-0.39, 0.29) is 35.9 Å². The molecule has 2 aliphatic heterocycles. The van der Waals surface area contributed by atoms with E-state index in [9.17, 15) is 4.79 Å². The third-order valence-corrected chi connectivity index (χ3v) is 4.04. The van der Waals surface area contributed by atoms with Gasteiger partial charge in [0.05, 0.1) is 13.2 Å². The average Bonchev–Trinajstić information content (AvgIpc) is 3.06. The number of piperidine rings is 1. The van der Waals surface area contributed by atoms with Crippen molar-refractivity contribution in [2.24, 2.45) is 10.9 Å². The number of halogens is 1. The van der Waals surface area contributed by atoms with E-state index in [0.717, 1.165) is 64.7 Å². The lowest BCUT2D eigenvalue weighted by atomic mass is 10.1. The van der Waals surface area contributed by atoms with Gasteiger partial charge in [-0.3, -0.25) is 9.79 Å². The molecule has 7 nitrogen and oxygen atoms in total. The van der Waals surface area contributed by atoms with Gasteiger partial charge in [0.1, 0.15) is 0 Å². The van der Waals surface area contributed by atoms with Crippen LogP contribution in [0.5, 0.6) is 0 Å². The van der Waals surface area contributed by atoms with E-state index in [1.165, 1.54) is 0 Å². The van der Waals surface area contributed by atoms with Gasteiger partial charge in [0, 0.05) is 51.2 Å². The summed E-state index contributed by atoms with van der Waals surface area (Å²) in [7, 11) is 0.